The highest BCUT2D eigenvalue weighted by Crippen LogP contribution is 2.52. The second-order valence-electron chi connectivity index (χ2n) is 8.67. The van der Waals surface area contributed by atoms with Crippen LogP contribution in [0.3, 0.4) is 0 Å². The highest BCUT2D eigenvalue weighted by atomic mass is 79.9. The number of anilines is 1. The number of fused-ring (bicyclic) bond motifs is 4. The van der Waals surface area contributed by atoms with Crippen LogP contribution in [0.2, 0.25) is 0 Å². The fourth-order valence-corrected chi connectivity index (χ4v) is 5.19. The summed E-state index contributed by atoms with van der Waals surface area (Å²) in [6.45, 7) is 4.41. The van der Waals surface area contributed by atoms with Gasteiger partial charge < -0.3 is 5.32 Å². The summed E-state index contributed by atoms with van der Waals surface area (Å²) < 4.78 is 1.03. The van der Waals surface area contributed by atoms with Crippen LogP contribution in [0.4, 0.5) is 5.69 Å². The van der Waals surface area contributed by atoms with Crippen LogP contribution in [0, 0.1) is 5.41 Å². The zero-order valence-corrected chi connectivity index (χ0v) is 17.6. The van der Waals surface area contributed by atoms with Gasteiger partial charge in [0.05, 0.1) is 6.04 Å². The van der Waals surface area contributed by atoms with Gasteiger partial charge in [-0.1, -0.05) is 72.2 Å². The minimum absolute atomic E-state index is 0.0245. The first-order chi connectivity index (χ1) is 13.4. The normalized spacial score (nSPS) is 20.5. The lowest BCUT2D eigenvalue weighted by atomic mass is 9.68. The topological polar surface area (TPSA) is 29.1 Å². The first kappa shape index (κ1) is 17.7. The number of rotatable bonds is 1. The molecule has 0 radical (unpaired) electrons. The van der Waals surface area contributed by atoms with Crippen molar-refractivity contribution in [1.82, 2.24) is 0 Å². The van der Waals surface area contributed by atoms with Gasteiger partial charge in [-0.15, -0.1) is 0 Å². The third-order valence-electron chi connectivity index (χ3n) is 5.92. The molecular formula is C25H22BrNO. The van der Waals surface area contributed by atoms with Crippen molar-refractivity contribution in [1.29, 1.82) is 0 Å². The van der Waals surface area contributed by atoms with Crippen LogP contribution >= 0.6 is 15.9 Å². The maximum absolute atomic E-state index is 13.3. The number of allylic oxidation sites excluding steroid dienone is 1. The molecule has 1 aliphatic carbocycles. The summed E-state index contributed by atoms with van der Waals surface area (Å²) in [5.74, 6) is 0.266. The predicted octanol–water partition coefficient (Wildman–Crippen LogP) is 6.91. The smallest absolute Gasteiger partial charge is 0.162 e. The van der Waals surface area contributed by atoms with E-state index in [1.165, 1.54) is 21.9 Å². The quantitative estimate of drug-likeness (QED) is 0.453. The van der Waals surface area contributed by atoms with E-state index in [-0.39, 0.29) is 17.2 Å². The van der Waals surface area contributed by atoms with E-state index in [2.05, 4.69) is 83.6 Å². The zero-order valence-electron chi connectivity index (χ0n) is 16.1. The van der Waals surface area contributed by atoms with E-state index < -0.39 is 0 Å². The van der Waals surface area contributed by atoms with Crippen molar-refractivity contribution < 1.29 is 4.79 Å². The third kappa shape index (κ3) is 2.80. The number of ketones is 1. The van der Waals surface area contributed by atoms with E-state index >= 15 is 0 Å². The molecule has 0 spiro atoms. The summed E-state index contributed by atoms with van der Waals surface area (Å²) in [6.07, 6.45) is 1.51. The third-order valence-corrected chi connectivity index (χ3v) is 6.41. The van der Waals surface area contributed by atoms with Crippen LogP contribution in [0.25, 0.3) is 16.3 Å². The minimum Gasteiger partial charge on any atom is -0.373 e. The van der Waals surface area contributed by atoms with Crippen LogP contribution in [-0.2, 0) is 4.79 Å². The van der Waals surface area contributed by atoms with Crippen LogP contribution in [-0.4, -0.2) is 5.78 Å². The monoisotopic (exact) mass is 431 g/mol. The second-order valence-corrected chi connectivity index (χ2v) is 9.59. The molecule has 140 valence electrons. The summed E-state index contributed by atoms with van der Waals surface area (Å²) in [4.78, 5) is 13.3. The fraction of sp³-hybridized carbons (Fsp3) is 0.240. The molecule has 2 nitrogen and oxygen atoms in total. The molecule has 0 fully saturated rings. The van der Waals surface area contributed by atoms with Crippen molar-refractivity contribution >= 4 is 43.7 Å². The van der Waals surface area contributed by atoms with Crippen LogP contribution < -0.4 is 5.32 Å². The van der Waals surface area contributed by atoms with E-state index in [1.807, 2.05) is 12.1 Å². The molecule has 1 heterocycles. The Morgan fingerprint density at radius 3 is 2.64 bits per heavy atom. The van der Waals surface area contributed by atoms with Gasteiger partial charge in [-0.3, -0.25) is 4.79 Å². The SMILES string of the molecule is CC1(C)CC(=O)C2=C(C1)c1c(ccc3ccccc13)N[C@H]2c1cccc(Br)c1. The minimum atomic E-state index is -0.107. The predicted molar refractivity (Wildman–Crippen MR) is 119 cm³/mol. The first-order valence-electron chi connectivity index (χ1n) is 9.73. The van der Waals surface area contributed by atoms with Crippen LogP contribution in [0.1, 0.15) is 43.9 Å². The van der Waals surface area contributed by atoms with Crippen molar-refractivity contribution in [2.24, 2.45) is 5.41 Å². The van der Waals surface area contributed by atoms with Crippen LogP contribution in [0.15, 0.2) is 70.7 Å². The molecule has 0 saturated carbocycles. The Balaban J connectivity index is 1.81. The molecule has 0 unspecified atom stereocenters. The number of carbonyl (C=O) groups excluding carboxylic acids is 1. The zero-order chi connectivity index (χ0) is 19.5. The first-order valence-corrected chi connectivity index (χ1v) is 10.5. The molecular weight excluding hydrogens is 410 g/mol. The molecule has 0 aromatic heterocycles. The molecule has 1 N–H and O–H groups in total. The van der Waals surface area contributed by atoms with Crippen molar-refractivity contribution in [3.63, 3.8) is 0 Å². The Morgan fingerprint density at radius 2 is 1.82 bits per heavy atom. The molecule has 0 bridgehead atoms. The van der Waals surface area contributed by atoms with Gasteiger partial charge in [-0.25, -0.2) is 0 Å². The van der Waals surface area contributed by atoms with Gasteiger partial charge in [0.2, 0.25) is 0 Å². The molecule has 5 rings (SSSR count). The van der Waals surface area contributed by atoms with Crippen molar-refractivity contribution in [3.8, 4) is 0 Å². The number of nitrogens with one attached hydrogen (secondary N) is 1. The van der Waals surface area contributed by atoms with E-state index in [0.717, 1.165) is 27.7 Å². The molecule has 1 aliphatic heterocycles. The highest BCUT2D eigenvalue weighted by molar-refractivity contribution is 9.10. The average molecular weight is 432 g/mol. The van der Waals surface area contributed by atoms with Crippen molar-refractivity contribution in [2.45, 2.75) is 32.7 Å². The average Bonchev–Trinajstić information content (AvgIpc) is 2.66. The second kappa shape index (κ2) is 6.31. The van der Waals surface area contributed by atoms with E-state index in [9.17, 15) is 4.79 Å². The summed E-state index contributed by atoms with van der Waals surface area (Å²) >= 11 is 3.59. The maximum atomic E-state index is 13.3. The van der Waals surface area contributed by atoms with Gasteiger partial charge in [0, 0.05) is 27.7 Å². The van der Waals surface area contributed by atoms with Crippen molar-refractivity contribution in [2.75, 3.05) is 5.32 Å². The number of halogens is 1. The van der Waals surface area contributed by atoms with Gasteiger partial charge in [0.1, 0.15) is 0 Å². The van der Waals surface area contributed by atoms with Gasteiger partial charge in [-0.2, -0.15) is 0 Å². The molecule has 0 amide bonds. The molecule has 0 saturated heterocycles. The largest absolute Gasteiger partial charge is 0.373 e. The van der Waals surface area contributed by atoms with Gasteiger partial charge in [-0.05, 0) is 51.9 Å². The molecule has 1 atom stereocenters. The fourth-order valence-electron chi connectivity index (χ4n) is 4.77. The number of hydrogen-bond donors (Lipinski definition) is 1. The Morgan fingerprint density at radius 1 is 1.00 bits per heavy atom. The lowest BCUT2D eigenvalue weighted by molar-refractivity contribution is -0.118. The van der Waals surface area contributed by atoms with E-state index in [0.29, 0.717) is 6.42 Å². The number of carbonyl (C=O) groups is 1. The maximum Gasteiger partial charge on any atom is 0.162 e. The van der Waals surface area contributed by atoms with Crippen molar-refractivity contribution in [3.05, 3.63) is 81.8 Å². The Hall–Kier alpha value is -2.39. The number of benzene rings is 3. The van der Waals surface area contributed by atoms with Crippen LogP contribution in [0.5, 0.6) is 0 Å². The van der Waals surface area contributed by atoms with E-state index in [1.54, 1.807) is 0 Å². The van der Waals surface area contributed by atoms with Gasteiger partial charge >= 0.3 is 0 Å². The Labute approximate surface area is 173 Å². The number of hydrogen-bond acceptors (Lipinski definition) is 2. The lowest BCUT2D eigenvalue weighted by Gasteiger charge is -2.40. The molecule has 28 heavy (non-hydrogen) atoms. The summed E-state index contributed by atoms with van der Waals surface area (Å²) in [7, 11) is 0. The standard InChI is InChI=1S/C25H22BrNO/c1-25(2)13-19-22-18-9-4-3-6-15(18)10-11-20(22)27-24(23(19)21(28)14-25)16-7-5-8-17(26)12-16/h3-12,24,27H,13-14H2,1-2H3/t24-/m0/s1. The van der Waals surface area contributed by atoms with Gasteiger partial charge in [0.15, 0.2) is 5.78 Å². The summed E-state index contributed by atoms with van der Waals surface area (Å²) in [5, 5.41) is 6.13. The molecule has 2 aliphatic rings. The Kier molecular flexibility index (Phi) is 3.99. The molecule has 3 aromatic carbocycles. The molecule has 3 heteroatoms. The van der Waals surface area contributed by atoms with Gasteiger partial charge in [0.25, 0.3) is 0 Å². The highest BCUT2D eigenvalue weighted by Gasteiger charge is 2.40. The lowest BCUT2D eigenvalue weighted by Crippen LogP contribution is -2.33. The molecule has 3 aromatic rings. The summed E-state index contributed by atoms with van der Waals surface area (Å²) in [5.41, 5.74) is 5.59. The number of Topliss-reactive ketones (excluding diaryl/α,β-unsaturated/α-hetero) is 1. The summed E-state index contributed by atoms with van der Waals surface area (Å²) in [6, 6.07) is 21.0. The van der Waals surface area contributed by atoms with E-state index in [4.69, 9.17) is 0 Å². The Bertz CT molecular complexity index is 1160.